The van der Waals surface area contributed by atoms with E-state index in [1.165, 1.54) is 12.3 Å². The fourth-order valence-corrected chi connectivity index (χ4v) is 1.73. The number of hydrogen-bond acceptors (Lipinski definition) is 5. The summed E-state index contributed by atoms with van der Waals surface area (Å²) < 4.78 is 0. The molecule has 0 spiro atoms. The predicted octanol–water partition coefficient (Wildman–Crippen LogP) is -0.481. The van der Waals surface area contributed by atoms with Crippen molar-refractivity contribution >= 4 is 28.4 Å². The number of primary amides is 1. The van der Waals surface area contributed by atoms with Gasteiger partial charge in [-0.25, -0.2) is 5.84 Å². The van der Waals surface area contributed by atoms with E-state index in [1.807, 2.05) is 5.43 Å². The Kier molecular flexibility index (Phi) is 2.82. The molecule has 0 radical (unpaired) electrons. The van der Waals surface area contributed by atoms with Crippen molar-refractivity contribution < 1.29 is 9.59 Å². The lowest BCUT2D eigenvalue weighted by Gasteiger charge is -2.09. The Balaban J connectivity index is 2.83. The third-order valence-corrected chi connectivity index (χ3v) is 2.58. The minimum atomic E-state index is -0.639. The molecule has 1 heterocycles. The molecule has 0 atom stereocenters. The smallest absolute Gasteiger partial charge is 0.268 e. The monoisotopic (exact) mass is 245 g/mol. The summed E-state index contributed by atoms with van der Waals surface area (Å²) in [7, 11) is 0. The first-order valence-electron chi connectivity index (χ1n) is 5.04. The molecule has 0 fully saturated rings. The van der Waals surface area contributed by atoms with Crippen LogP contribution in [0.2, 0.25) is 0 Å². The van der Waals surface area contributed by atoms with Crippen molar-refractivity contribution in [1.82, 2.24) is 10.4 Å². The Morgan fingerprint density at radius 2 is 1.94 bits per heavy atom. The molecule has 0 saturated heterocycles. The van der Waals surface area contributed by atoms with E-state index in [1.54, 1.807) is 12.1 Å². The maximum atomic E-state index is 11.5. The lowest BCUT2D eigenvalue weighted by Crippen LogP contribution is -2.30. The zero-order valence-corrected chi connectivity index (χ0v) is 9.31. The molecule has 18 heavy (non-hydrogen) atoms. The second-order valence-corrected chi connectivity index (χ2v) is 3.62. The molecule has 0 bridgehead atoms. The molecular formula is C11H11N5O2. The van der Waals surface area contributed by atoms with E-state index in [4.69, 9.17) is 17.3 Å². The molecule has 2 aromatic rings. The van der Waals surface area contributed by atoms with Gasteiger partial charge in [0.1, 0.15) is 0 Å². The minimum absolute atomic E-state index is 0.0960. The van der Waals surface area contributed by atoms with E-state index in [9.17, 15) is 9.59 Å². The average Bonchev–Trinajstić information content (AvgIpc) is 2.37. The molecular weight excluding hydrogens is 234 g/mol. The van der Waals surface area contributed by atoms with Crippen LogP contribution >= 0.6 is 0 Å². The van der Waals surface area contributed by atoms with E-state index < -0.39 is 11.8 Å². The lowest BCUT2D eigenvalue weighted by molar-refractivity contribution is 0.0952. The number of amides is 2. The average molecular weight is 245 g/mol. The number of anilines is 1. The van der Waals surface area contributed by atoms with Crippen LogP contribution in [0.5, 0.6) is 0 Å². The summed E-state index contributed by atoms with van der Waals surface area (Å²) in [4.78, 5) is 26.9. The van der Waals surface area contributed by atoms with Crippen LogP contribution in [0.25, 0.3) is 10.9 Å². The molecule has 7 heteroatoms. The maximum Gasteiger partial charge on any atom is 0.268 e. The van der Waals surface area contributed by atoms with Crippen LogP contribution in [0.4, 0.5) is 5.69 Å². The molecule has 92 valence electrons. The summed E-state index contributed by atoms with van der Waals surface area (Å²) in [5.74, 6) is 3.82. The molecule has 0 aliphatic carbocycles. The quantitative estimate of drug-likeness (QED) is 0.321. The first kappa shape index (κ1) is 11.8. The van der Waals surface area contributed by atoms with Gasteiger partial charge < -0.3 is 11.5 Å². The normalized spacial score (nSPS) is 10.3. The van der Waals surface area contributed by atoms with Crippen molar-refractivity contribution in [2.75, 3.05) is 5.73 Å². The van der Waals surface area contributed by atoms with E-state index in [-0.39, 0.29) is 16.8 Å². The van der Waals surface area contributed by atoms with Crippen molar-refractivity contribution in [3.63, 3.8) is 0 Å². The van der Waals surface area contributed by atoms with Gasteiger partial charge in [0.05, 0.1) is 22.3 Å². The van der Waals surface area contributed by atoms with Crippen LogP contribution in [0.1, 0.15) is 20.7 Å². The zero-order chi connectivity index (χ0) is 13.3. The molecule has 7 nitrogen and oxygen atoms in total. The number of benzene rings is 1. The maximum absolute atomic E-state index is 11.5. The number of nitrogens with two attached hydrogens (primary N) is 3. The highest BCUT2D eigenvalue weighted by atomic mass is 16.2. The Hall–Kier alpha value is -2.67. The highest BCUT2D eigenvalue weighted by molar-refractivity contribution is 6.14. The topological polar surface area (TPSA) is 137 Å². The largest absolute Gasteiger partial charge is 0.397 e. The van der Waals surface area contributed by atoms with Crippen LogP contribution < -0.4 is 22.7 Å². The standard InChI is InChI=1S/C11H11N5O2/c12-9-6(11(18)16-14)4-15-7-3-1-2-5(8(7)9)10(13)17/h1-4H,14H2,(H2,12,15)(H2,13,17)(H,16,18). The zero-order valence-electron chi connectivity index (χ0n) is 9.31. The summed E-state index contributed by atoms with van der Waals surface area (Å²) in [6.45, 7) is 0. The number of rotatable bonds is 2. The summed E-state index contributed by atoms with van der Waals surface area (Å²) >= 11 is 0. The summed E-state index contributed by atoms with van der Waals surface area (Å²) in [5.41, 5.74) is 14.0. The Labute approximate surface area is 102 Å². The number of nitrogens with zero attached hydrogens (tertiary/aromatic N) is 1. The molecule has 2 amide bonds. The fourth-order valence-electron chi connectivity index (χ4n) is 1.73. The van der Waals surface area contributed by atoms with Crippen LogP contribution in [0, 0.1) is 0 Å². The number of carbonyl (C=O) groups excluding carboxylic acids is 2. The summed E-state index contributed by atoms with van der Waals surface area (Å²) in [6, 6.07) is 4.83. The van der Waals surface area contributed by atoms with Gasteiger partial charge in [-0.1, -0.05) is 6.07 Å². The van der Waals surface area contributed by atoms with Gasteiger partial charge in [-0.05, 0) is 12.1 Å². The van der Waals surface area contributed by atoms with Gasteiger partial charge in [-0.3, -0.25) is 20.0 Å². The molecule has 0 aliphatic heterocycles. The molecule has 0 unspecified atom stereocenters. The fraction of sp³-hybridized carbons (Fsp3) is 0. The van der Waals surface area contributed by atoms with E-state index >= 15 is 0 Å². The first-order chi connectivity index (χ1) is 8.56. The van der Waals surface area contributed by atoms with Gasteiger partial charge in [-0.15, -0.1) is 0 Å². The van der Waals surface area contributed by atoms with Crippen LogP contribution in [0.15, 0.2) is 24.4 Å². The van der Waals surface area contributed by atoms with E-state index in [0.717, 1.165) is 0 Å². The van der Waals surface area contributed by atoms with Gasteiger partial charge in [0.2, 0.25) is 5.91 Å². The van der Waals surface area contributed by atoms with Crippen LogP contribution in [-0.2, 0) is 0 Å². The predicted molar refractivity (Wildman–Crippen MR) is 66.3 cm³/mol. The minimum Gasteiger partial charge on any atom is -0.397 e. The van der Waals surface area contributed by atoms with Gasteiger partial charge >= 0.3 is 0 Å². The number of nitrogens with one attached hydrogen (secondary N) is 1. The molecule has 7 N–H and O–H groups in total. The van der Waals surface area contributed by atoms with Crippen LogP contribution in [-0.4, -0.2) is 16.8 Å². The molecule has 0 saturated carbocycles. The second-order valence-electron chi connectivity index (χ2n) is 3.62. The SMILES string of the molecule is NNC(=O)c1cnc2cccc(C(N)=O)c2c1N. The second kappa shape index (κ2) is 4.30. The number of aromatic nitrogens is 1. The Morgan fingerprint density at radius 1 is 1.22 bits per heavy atom. The van der Waals surface area contributed by atoms with Crippen molar-refractivity contribution in [1.29, 1.82) is 0 Å². The van der Waals surface area contributed by atoms with Gasteiger partial charge in [0.25, 0.3) is 5.91 Å². The lowest BCUT2D eigenvalue weighted by atomic mass is 10.0. The Bertz CT molecular complexity index is 653. The van der Waals surface area contributed by atoms with Gasteiger partial charge in [0.15, 0.2) is 0 Å². The van der Waals surface area contributed by atoms with Crippen molar-refractivity contribution in [3.05, 3.63) is 35.5 Å². The van der Waals surface area contributed by atoms with E-state index in [2.05, 4.69) is 4.98 Å². The highest BCUT2D eigenvalue weighted by Gasteiger charge is 2.16. The van der Waals surface area contributed by atoms with Gasteiger partial charge in [0, 0.05) is 11.6 Å². The van der Waals surface area contributed by atoms with Crippen molar-refractivity contribution in [3.8, 4) is 0 Å². The van der Waals surface area contributed by atoms with Crippen molar-refractivity contribution in [2.24, 2.45) is 11.6 Å². The third-order valence-electron chi connectivity index (χ3n) is 2.58. The highest BCUT2D eigenvalue weighted by Crippen LogP contribution is 2.26. The number of nitrogen functional groups attached to an aromatic ring is 2. The molecule has 1 aromatic carbocycles. The third kappa shape index (κ3) is 1.72. The summed E-state index contributed by atoms with van der Waals surface area (Å²) in [6.07, 6.45) is 1.30. The number of pyridine rings is 1. The number of hydrazine groups is 1. The molecule has 0 aliphatic rings. The molecule has 1 aromatic heterocycles. The first-order valence-corrected chi connectivity index (χ1v) is 5.04. The Morgan fingerprint density at radius 3 is 2.56 bits per heavy atom. The van der Waals surface area contributed by atoms with E-state index in [0.29, 0.717) is 10.9 Å². The number of hydrogen-bond donors (Lipinski definition) is 4. The van der Waals surface area contributed by atoms with Gasteiger partial charge in [-0.2, -0.15) is 0 Å². The van der Waals surface area contributed by atoms with Crippen LogP contribution in [0.3, 0.4) is 0 Å². The van der Waals surface area contributed by atoms with Crippen molar-refractivity contribution in [2.45, 2.75) is 0 Å². The summed E-state index contributed by atoms with van der Waals surface area (Å²) in [5, 5.41) is 0.353. The molecule has 2 rings (SSSR count). The number of carbonyl (C=O) groups is 2. The number of fused-ring (bicyclic) bond motifs is 1.